The molecule has 0 radical (unpaired) electrons. The zero-order valence-corrected chi connectivity index (χ0v) is 8.62. The number of benzene rings is 1. The van der Waals surface area contributed by atoms with Crippen molar-refractivity contribution in [3.8, 4) is 5.75 Å². The van der Waals surface area contributed by atoms with Crippen LogP contribution in [0.4, 0.5) is 4.79 Å². The number of halogens is 1. The van der Waals surface area contributed by atoms with Crippen molar-refractivity contribution in [3.05, 3.63) is 28.8 Å². The second-order valence-electron chi connectivity index (χ2n) is 3.41. The highest BCUT2D eigenvalue weighted by Gasteiger charge is 2.21. The number of nitrogens with one attached hydrogen (secondary N) is 1. The zero-order valence-electron chi connectivity index (χ0n) is 7.87. The second kappa shape index (κ2) is 3.98. The molecular formula is C10H10ClNO3. The summed E-state index contributed by atoms with van der Waals surface area (Å²) >= 11 is 5.81. The first-order valence-electron chi connectivity index (χ1n) is 4.56. The van der Waals surface area contributed by atoms with Crippen LogP contribution in [-0.4, -0.2) is 23.8 Å². The first-order valence-corrected chi connectivity index (χ1v) is 4.93. The lowest BCUT2D eigenvalue weighted by atomic mass is 10.0. The Morgan fingerprint density at radius 3 is 3.13 bits per heavy atom. The number of fused-ring (bicyclic) bond motifs is 1. The van der Waals surface area contributed by atoms with E-state index in [1.165, 1.54) is 0 Å². The smallest absolute Gasteiger partial charge is 0.405 e. The maximum atomic E-state index is 10.4. The molecule has 1 unspecified atom stereocenters. The molecule has 0 saturated heterocycles. The van der Waals surface area contributed by atoms with Gasteiger partial charge in [-0.2, -0.15) is 0 Å². The molecule has 1 aliphatic rings. The third-order valence-corrected chi connectivity index (χ3v) is 2.50. The van der Waals surface area contributed by atoms with Crippen LogP contribution in [0.1, 0.15) is 5.56 Å². The largest absolute Gasteiger partial charge is 0.491 e. The first kappa shape index (κ1) is 10.1. The maximum absolute atomic E-state index is 10.4. The summed E-state index contributed by atoms with van der Waals surface area (Å²) < 4.78 is 5.41. The molecule has 1 atom stereocenters. The fourth-order valence-electron chi connectivity index (χ4n) is 1.61. The SMILES string of the molecule is O=C(O)NC1COc2cc(Cl)ccc2C1. The van der Waals surface area contributed by atoms with E-state index in [0.29, 0.717) is 18.1 Å². The number of hydrogen-bond donors (Lipinski definition) is 2. The Morgan fingerprint density at radius 1 is 1.60 bits per heavy atom. The molecule has 15 heavy (non-hydrogen) atoms. The van der Waals surface area contributed by atoms with Gasteiger partial charge in [-0.25, -0.2) is 4.79 Å². The zero-order chi connectivity index (χ0) is 10.8. The molecule has 0 fully saturated rings. The van der Waals surface area contributed by atoms with Gasteiger partial charge in [0, 0.05) is 5.02 Å². The van der Waals surface area contributed by atoms with E-state index in [4.69, 9.17) is 21.4 Å². The maximum Gasteiger partial charge on any atom is 0.405 e. The fraction of sp³-hybridized carbons (Fsp3) is 0.300. The van der Waals surface area contributed by atoms with Gasteiger partial charge in [0.25, 0.3) is 0 Å². The van der Waals surface area contributed by atoms with Crippen LogP contribution < -0.4 is 10.1 Å². The predicted octanol–water partition coefficient (Wildman–Crippen LogP) is 1.91. The number of carbonyl (C=O) groups is 1. The van der Waals surface area contributed by atoms with Crippen LogP contribution in [0.3, 0.4) is 0 Å². The quantitative estimate of drug-likeness (QED) is 0.771. The molecule has 0 saturated carbocycles. The van der Waals surface area contributed by atoms with E-state index in [1.807, 2.05) is 6.07 Å². The Labute approximate surface area is 91.8 Å². The lowest BCUT2D eigenvalue weighted by Crippen LogP contribution is -2.41. The van der Waals surface area contributed by atoms with Crippen LogP contribution in [0.15, 0.2) is 18.2 Å². The highest BCUT2D eigenvalue weighted by Crippen LogP contribution is 2.27. The van der Waals surface area contributed by atoms with E-state index >= 15 is 0 Å². The van der Waals surface area contributed by atoms with Gasteiger partial charge in [0.1, 0.15) is 12.4 Å². The molecule has 1 aromatic rings. The van der Waals surface area contributed by atoms with Gasteiger partial charge in [-0.1, -0.05) is 17.7 Å². The molecule has 80 valence electrons. The van der Waals surface area contributed by atoms with Crippen LogP contribution in [0.5, 0.6) is 5.75 Å². The molecule has 0 aromatic heterocycles. The van der Waals surface area contributed by atoms with Crippen molar-refractivity contribution in [1.29, 1.82) is 0 Å². The van der Waals surface area contributed by atoms with Crippen molar-refractivity contribution >= 4 is 17.7 Å². The Kier molecular flexibility index (Phi) is 2.68. The van der Waals surface area contributed by atoms with Crippen LogP contribution in [0.2, 0.25) is 5.02 Å². The van der Waals surface area contributed by atoms with E-state index in [2.05, 4.69) is 5.32 Å². The third kappa shape index (κ3) is 2.33. The molecule has 1 aliphatic heterocycles. The minimum absolute atomic E-state index is 0.184. The second-order valence-corrected chi connectivity index (χ2v) is 3.85. The normalized spacial score (nSPS) is 18.9. The predicted molar refractivity (Wildman–Crippen MR) is 55.6 cm³/mol. The van der Waals surface area contributed by atoms with Crippen molar-refractivity contribution in [1.82, 2.24) is 5.32 Å². The lowest BCUT2D eigenvalue weighted by Gasteiger charge is -2.25. The van der Waals surface area contributed by atoms with Crippen molar-refractivity contribution in [2.45, 2.75) is 12.5 Å². The topological polar surface area (TPSA) is 58.6 Å². The summed E-state index contributed by atoms with van der Waals surface area (Å²) in [6, 6.07) is 5.19. The minimum atomic E-state index is -1.03. The molecule has 0 bridgehead atoms. The summed E-state index contributed by atoms with van der Waals surface area (Å²) in [5.74, 6) is 0.742. The van der Waals surface area contributed by atoms with Crippen molar-refractivity contribution in [2.75, 3.05) is 6.61 Å². The molecule has 2 N–H and O–H groups in total. The Balaban J connectivity index is 2.13. The Morgan fingerprint density at radius 2 is 2.40 bits per heavy atom. The van der Waals surface area contributed by atoms with Crippen molar-refractivity contribution in [3.63, 3.8) is 0 Å². The van der Waals surface area contributed by atoms with E-state index in [-0.39, 0.29) is 6.04 Å². The Bertz CT molecular complexity index is 394. The molecule has 0 spiro atoms. The standard InChI is InChI=1S/C10H10ClNO3/c11-7-2-1-6-3-8(12-10(13)14)5-15-9(6)4-7/h1-2,4,8,12H,3,5H2,(H,13,14). The highest BCUT2D eigenvalue weighted by molar-refractivity contribution is 6.30. The van der Waals surface area contributed by atoms with E-state index in [9.17, 15) is 4.79 Å². The van der Waals surface area contributed by atoms with Crippen molar-refractivity contribution in [2.24, 2.45) is 0 Å². The third-order valence-electron chi connectivity index (χ3n) is 2.26. The molecule has 0 aliphatic carbocycles. The summed E-state index contributed by atoms with van der Waals surface area (Å²) in [7, 11) is 0. The van der Waals surface area contributed by atoms with Crippen LogP contribution in [-0.2, 0) is 6.42 Å². The van der Waals surface area contributed by atoms with Gasteiger partial charge in [-0.05, 0) is 24.1 Å². The molecular weight excluding hydrogens is 218 g/mol. The average Bonchev–Trinajstić information content (AvgIpc) is 2.17. The minimum Gasteiger partial charge on any atom is -0.491 e. The molecule has 4 nitrogen and oxygen atoms in total. The van der Waals surface area contributed by atoms with Gasteiger partial charge in [-0.3, -0.25) is 0 Å². The van der Waals surface area contributed by atoms with Crippen LogP contribution in [0, 0.1) is 0 Å². The number of hydrogen-bond acceptors (Lipinski definition) is 2. The summed E-state index contributed by atoms with van der Waals surface area (Å²) in [5.41, 5.74) is 0.976. The van der Waals surface area contributed by atoms with Gasteiger partial charge >= 0.3 is 6.09 Å². The van der Waals surface area contributed by atoms with Crippen LogP contribution >= 0.6 is 11.6 Å². The summed E-state index contributed by atoms with van der Waals surface area (Å²) in [6.45, 7) is 0.347. The lowest BCUT2D eigenvalue weighted by molar-refractivity contribution is 0.176. The summed E-state index contributed by atoms with van der Waals surface area (Å²) in [5, 5.41) is 11.6. The van der Waals surface area contributed by atoms with Gasteiger partial charge in [0.05, 0.1) is 6.04 Å². The van der Waals surface area contributed by atoms with Gasteiger partial charge < -0.3 is 15.2 Å². The number of rotatable bonds is 1. The number of amides is 1. The molecule has 1 amide bonds. The van der Waals surface area contributed by atoms with Crippen LogP contribution in [0.25, 0.3) is 0 Å². The van der Waals surface area contributed by atoms with E-state index in [0.717, 1.165) is 11.3 Å². The van der Waals surface area contributed by atoms with Crippen molar-refractivity contribution < 1.29 is 14.6 Å². The fourth-order valence-corrected chi connectivity index (χ4v) is 1.78. The molecule has 2 rings (SSSR count). The van der Waals surface area contributed by atoms with Gasteiger partial charge in [-0.15, -0.1) is 0 Å². The number of ether oxygens (including phenoxy) is 1. The molecule has 5 heteroatoms. The average molecular weight is 228 g/mol. The van der Waals surface area contributed by atoms with Gasteiger partial charge in [0.2, 0.25) is 0 Å². The first-order chi connectivity index (χ1) is 7.15. The summed E-state index contributed by atoms with van der Waals surface area (Å²) in [6.07, 6.45) is -0.389. The van der Waals surface area contributed by atoms with E-state index < -0.39 is 6.09 Å². The Hall–Kier alpha value is -1.42. The monoisotopic (exact) mass is 227 g/mol. The summed E-state index contributed by atoms with van der Waals surface area (Å²) in [4.78, 5) is 10.4. The van der Waals surface area contributed by atoms with E-state index in [1.54, 1.807) is 12.1 Å². The molecule has 1 heterocycles. The highest BCUT2D eigenvalue weighted by atomic mass is 35.5. The van der Waals surface area contributed by atoms with Gasteiger partial charge in [0.15, 0.2) is 0 Å². The number of carboxylic acid groups (broad SMARTS) is 1. The molecule has 1 aromatic carbocycles.